The zero-order valence-electron chi connectivity index (χ0n) is 12.4. The number of aryl methyl sites for hydroxylation is 1. The van der Waals surface area contributed by atoms with Crippen LogP contribution in [0, 0.1) is 6.92 Å². The second-order valence-electron chi connectivity index (χ2n) is 5.05. The standard InChI is InChI=1S/C17H14ClN3O2/c1-11-6-8-12(9-7-11)16-20-21-17(23-16)15(22)19-10-13-4-2-3-5-14(13)18/h2-9H,10H2,1H3,(H,19,22). The van der Waals surface area contributed by atoms with Crippen molar-refractivity contribution >= 4 is 17.5 Å². The van der Waals surface area contributed by atoms with Crippen molar-refractivity contribution in [2.75, 3.05) is 0 Å². The molecule has 0 fully saturated rings. The van der Waals surface area contributed by atoms with Crippen molar-refractivity contribution in [3.8, 4) is 11.5 Å². The van der Waals surface area contributed by atoms with Gasteiger partial charge in [0, 0.05) is 17.1 Å². The lowest BCUT2D eigenvalue weighted by Crippen LogP contribution is -2.23. The van der Waals surface area contributed by atoms with Gasteiger partial charge in [0.2, 0.25) is 5.89 Å². The molecule has 1 aromatic heterocycles. The minimum atomic E-state index is -0.434. The fourth-order valence-corrected chi connectivity index (χ4v) is 2.22. The van der Waals surface area contributed by atoms with Gasteiger partial charge in [-0.1, -0.05) is 47.5 Å². The van der Waals surface area contributed by atoms with E-state index in [2.05, 4.69) is 15.5 Å². The molecule has 5 nitrogen and oxygen atoms in total. The summed E-state index contributed by atoms with van der Waals surface area (Å²) in [7, 11) is 0. The van der Waals surface area contributed by atoms with Crippen molar-refractivity contribution in [1.82, 2.24) is 15.5 Å². The van der Waals surface area contributed by atoms with Gasteiger partial charge in [-0.3, -0.25) is 4.79 Å². The highest BCUT2D eigenvalue weighted by Gasteiger charge is 2.15. The van der Waals surface area contributed by atoms with Crippen molar-refractivity contribution < 1.29 is 9.21 Å². The van der Waals surface area contributed by atoms with Crippen molar-refractivity contribution in [2.45, 2.75) is 13.5 Å². The average molecular weight is 328 g/mol. The molecule has 0 aliphatic rings. The first-order chi connectivity index (χ1) is 11.1. The molecule has 1 N–H and O–H groups in total. The second kappa shape index (κ2) is 6.62. The van der Waals surface area contributed by atoms with Crippen molar-refractivity contribution in [1.29, 1.82) is 0 Å². The smallest absolute Gasteiger partial charge is 0.309 e. The first-order valence-electron chi connectivity index (χ1n) is 7.05. The fourth-order valence-electron chi connectivity index (χ4n) is 2.02. The Kier molecular flexibility index (Phi) is 4.39. The van der Waals surface area contributed by atoms with E-state index in [4.69, 9.17) is 16.0 Å². The monoisotopic (exact) mass is 327 g/mol. The average Bonchev–Trinajstić information content (AvgIpc) is 3.04. The number of nitrogens with one attached hydrogen (secondary N) is 1. The van der Waals surface area contributed by atoms with Gasteiger partial charge in [-0.25, -0.2) is 0 Å². The molecule has 1 heterocycles. The first kappa shape index (κ1) is 15.2. The molecule has 2 aromatic carbocycles. The van der Waals surface area contributed by atoms with E-state index < -0.39 is 5.91 Å². The number of benzene rings is 2. The maximum atomic E-state index is 12.1. The summed E-state index contributed by atoms with van der Waals surface area (Å²) in [6.07, 6.45) is 0. The van der Waals surface area contributed by atoms with E-state index in [9.17, 15) is 4.79 Å². The largest absolute Gasteiger partial charge is 0.412 e. The van der Waals surface area contributed by atoms with Gasteiger partial charge in [-0.05, 0) is 30.7 Å². The van der Waals surface area contributed by atoms with E-state index in [1.807, 2.05) is 49.4 Å². The molecule has 0 aliphatic carbocycles. The molecule has 3 rings (SSSR count). The van der Waals surface area contributed by atoms with Gasteiger partial charge >= 0.3 is 11.8 Å². The van der Waals surface area contributed by atoms with E-state index in [1.54, 1.807) is 6.07 Å². The molecule has 0 spiro atoms. The molecule has 0 aliphatic heterocycles. The van der Waals surface area contributed by atoms with Crippen LogP contribution in [-0.4, -0.2) is 16.1 Å². The number of nitrogens with zero attached hydrogens (tertiary/aromatic N) is 2. The Hall–Kier alpha value is -2.66. The quantitative estimate of drug-likeness (QED) is 0.794. The topological polar surface area (TPSA) is 68.0 Å². The summed E-state index contributed by atoms with van der Waals surface area (Å²) in [6.45, 7) is 2.28. The van der Waals surface area contributed by atoms with E-state index in [0.29, 0.717) is 17.5 Å². The summed E-state index contributed by atoms with van der Waals surface area (Å²) in [5, 5.41) is 11.0. The number of aromatic nitrogens is 2. The molecule has 0 atom stereocenters. The molecule has 0 bridgehead atoms. The minimum absolute atomic E-state index is 0.0763. The number of hydrogen-bond donors (Lipinski definition) is 1. The molecule has 23 heavy (non-hydrogen) atoms. The summed E-state index contributed by atoms with van der Waals surface area (Å²) in [4.78, 5) is 12.1. The number of hydrogen-bond acceptors (Lipinski definition) is 4. The zero-order chi connectivity index (χ0) is 16.2. The third kappa shape index (κ3) is 3.57. The van der Waals surface area contributed by atoms with Crippen LogP contribution in [0.1, 0.15) is 21.8 Å². The zero-order valence-corrected chi connectivity index (χ0v) is 13.2. The Morgan fingerprint density at radius 3 is 2.61 bits per heavy atom. The van der Waals surface area contributed by atoms with Crippen molar-refractivity contribution in [2.24, 2.45) is 0 Å². The highest BCUT2D eigenvalue weighted by Crippen LogP contribution is 2.18. The van der Waals surface area contributed by atoms with Crippen LogP contribution in [0.4, 0.5) is 0 Å². The fraction of sp³-hybridized carbons (Fsp3) is 0.118. The predicted octanol–water partition coefficient (Wildman–Crippen LogP) is 3.63. The van der Waals surface area contributed by atoms with Gasteiger partial charge in [0.05, 0.1) is 0 Å². The molecule has 116 valence electrons. The van der Waals surface area contributed by atoms with Gasteiger partial charge in [0.15, 0.2) is 0 Å². The Morgan fingerprint density at radius 2 is 1.87 bits per heavy atom. The van der Waals surface area contributed by atoms with Gasteiger partial charge in [0.25, 0.3) is 0 Å². The Labute approximate surface area is 138 Å². The number of rotatable bonds is 4. The van der Waals surface area contributed by atoms with Crippen LogP contribution in [-0.2, 0) is 6.54 Å². The molecular formula is C17H14ClN3O2. The van der Waals surface area contributed by atoms with Gasteiger partial charge < -0.3 is 9.73 Å². The van der Waals surface area contributed by atoms with E-state index in [-0.39, 0.29) is 5.89 Å². The summed E-state index contributed by atoms with van der Waals surface area (Å²) in [5.74, 6) is -0.198. The molecule has 1 amide bonds. The van der Waals surface area contributed by atoms with E-state index >= 15 is 0 Å². The molecule has 0 unspecified atom stereocenters. The molecule has 6 heteroatoms. The normalized spacial score (nSPS) is 10.5. The van der Waals surface area contributed by atoms with Crippen LogP contribution >= 0.6 is 11.6 Å². The van der Waals surface area contributed by atoms with Crippen molar-refractivity contribution in [3.05, 3.63) is 70.6 Å². The van der Waals surface area contributed by atoms with Crippen LogP contribution in [0.25, 0.3) is 11.5 Å². The highest BCUT2D eigenvalue weighted by molar-refractivity contribution is 6.31. The maximum absolute atomic E-state index is 12.1. The summed E-state index contributed by atoms with van der Waals surface area (Å²) < 4.78 is 5.42. The number of carbonyl (C=O) groups excluding carboxylic acids is 1. The Balaban J connectivity index is 1.69. The first-order valence-corrected chi connectivity index (χ1v) is 7.43. The molecular weight excluding hydrogens is 314 g/mol. The summed E-state index contributed by atoms with van der Waals surface area (Å²) in [5.41, 5.74) is 2.72. The third-order valence-corrected chi connectivity index (χ3v) is 3.68. The van der Waals surface area contributed by atoms with Gasteiger partial charge in [0.1, 0.15) is 0 Å². The third-order valence-electron chi connectivity index (χ3n) is 3.31. The number of halogens is 1. The maximum Gasteiger partial charge on any atom is 0.309 e. The molecule has 3 aromatic rings. The van der Waals surface area contributed by atoms with Crippen LogP contribution < -0.4 is 5.32 Å². The van der Waals surface area contributed by atoms with Crippen LogP contribution in [0.3, 0.4) is 0 Å². The molecule has 0 radical (unpaired) electrons. The lowest BCUT2D eigenvalue weighted by Gasteiger charge is -2.04. The lowest BCUT2D eigenvalue weighted by molar-refractivity contribution is 0.0917. The van der Waals surface area contributed by atoms with Gasteiger partial charge in [-0.15, -0.1) is 10.2 Å². The molecule has 0 saturated carbocycles. The van der Waals surface area contributed by atoms with Crippen LogP contribution in [0.2, 0.25) is 5.02 Å². The summed E-state index contributed by atoms with van der Waals surface area (Å²) in [6, 6.07) is 14.9. The molecule has 0 saturated heterocycles. The van der Waals surface area contributed by atoms with Crippen molar-refractivity contribution in [3.63, 3.8) is 0 Å². The van der Waals surface area contributed by atoms with E-state index in [1.165, 1.54) is 0 Å². The highest BCUT2D eigenvalue weighted by atomic mass is 35.5. The SMILES string of the molecule is Cc1ccc(-c2nnc(C(=O)NCc3ccccc3Cl)o2)cc1. The second-order valence-corrected chi connectivity index (χ2v) is 5.46. The van der Waals surface area contributed by atoms with Crippen LogP contribution in [0.5, 0.6) is 0 Å². The Bertz CT molecular complexity index is 828. The van der Waals surface area contributed by atoms with Crippen LogP contribution in [0.15, 0.2) is 52.9 Å². The van der Waals surface area contributed by atoms with Gasteiger partial charge in [-0.2, -0.15) is 0 Å². The number of amides is 1. The number of carbonyl (C=O) groups is 1. The predicted molar refractivity (Wildman–Crippen MR) is 87.1 cm³/mol. The lowest BCUT2D eigenvalue weighted by atomic mass is 10.1. The van der Waals surface area contributed by atoms with E-state index in [0.717, 1.165) is 16.7 Å². The Morgan fingerprint density at radius 1 is 1.13 bits per heavy atom. The summed E-state index contributed by atoms with van der Waals surface area (Å²) >= 11 is 6.05. The minimum Gasteiger partial charge on any atom is -0.412 e.